The molecule has 0 saturated carbocycles. The summed E-state index contributed by atoms with van der Waals surface area (Å²) < 4.78 is 0. The number of carboxylic acids is 1. The van der Waals surface area contributed by atoms with Crippen LogP contribution in [0, 0.1) is 0 Å². The van der Waals surface area contributed by atoms with E-state index in [1.807, 2.05) is 6.07 Å². The van der Waals surface area contributed by atoms with E-state index in [9.17, 15) is 4.79 Å². The minimum absolute atomic E-state index is 0.172. The lowest BCUT2D eigenvalue weighted by Crippen LogP contribution is -2.31. The molecule has 0 aromatic carbocycles. The number of rotatable bonds is 4. The zero-order chi connectivity index (χ0) is 13.1. The van der Waals surface area contributed by atoms with Gasteiger partial charge in [0.15, 0.2) is 5.69 Å². The lowest BCUT2D eigenvalue weighted by atomic mass is 10.2. The lowest BCUT2D eigenvalue weighted by molar-refractivity contribution is 0.0688. The van der Waals surface area contributed by atoms with Crippen LogP contribution in [0.5, 0.6) is 0 Å². The van der Waals surface area contributed by atoms with Gasteiger partial charge in [-0.15, -0.1) is 0 Å². The molecular formula is C13H19N3O2. The molecule has 1 saturated heterocycles. The highest BCUT2D eigenvalue weighted by atomic mass is 16.4. The van der Waals surface area contributed by atoms with Crippen molar-refractivity contribution in [2.24, 2.45) is 0 Å². The Balaban J connectivity index is 2.05. The summed E-state index contributed by atoms with van der Waals surface area (Å²) in [4.78, 5) is 19.5. The van der Waals surface area contributed by atoms with Crippen molar-refractivity contribution in [3.05, 3.63) is 29.6 Å². The van der Waals surface area contributed by atoms with Gasteiger partial charge in [-0.25, -0.2) is 9.78 Å². The zero-order valence-electron chi connectivity index (χ0n) is 10.8. The summed E-state index contributed by atoms with van der Waals surface area (Å²) in [5.41, 5.74) is 0.968. The molecule has 2 rings (SSSR count). The van der Waals surface area contributed by atoms with Crippen molar-refractivity contribution >= 4 is 5.97 Å². The Labute approximate surface area is 107 Å². The minimum atomic E-state index is -0.950. The van der Waals surface area contributed by atoms with Crippen LogP contribution in [-0.4, -0.2) is 59.1 Å². The molecule has 0 spiro atoms. The van der Waals surface area contributed by atoms with Gasteiger partial charge in [-0.1, -0.05) is 6.07 Å². The quantitative estimate of drug-likeness (QED) is 0.859. The first-order chi connectivity index (χ1) is 8.58. The van der Waals surface area contributed by atoms with Crippen LogP contribution in [0.4, 0.5) is 0 Å². The molecule has 1 aromatic rings. The van der Waals surface area contributed by atoms with Crippen LogP contribution in [0.15, 0.2) is 18.3 Å². The van der Waals surface area contributed by atoms with Gasteiger partial charge in [0.1, 0.15) is 0 Å². The van der Waals surface area contributed by atoms with Crippen molar-refractivity contribution in [3.63, 3.8) is 0 Å². The minimum Gasteiger partial charge on any atom is -0.477 e. The number of carboxylic acid groups (broad SMARTS) is 1. The Morgan fingerprint density at radius 2 is 2.39 bits per heavy atom. The maximum absolute atomic E-state index is 11.1. The third-order valence-electron chi connectivity index (χ3n) is 3.47. The highest BCUT2D eigenvalue weighted by Gasteiger charge is 2.25. The highest BCUT2D eigenvalue weighted by Crippen LogP contribution is 2.17. The number of nitrogens with zero attached hydrogens (tertiary/aromatic N) is 3. The Kier molecular flexibility index (Phi) is 3.93. The number of likely N-dealkylation sites (tertiary alicyclic amines) is 1. The van der Waals surface area contributed by atoms with E-state index in [0.29, 0.717) is 12.6 Å². The molecule has 2 heterocycles. The fraction of sp³-hybridized carbons (Fsp3) is 0.538. The molecule has 0 amide bonds. The van der Waals surface area contributed by atoms with Gasteiger partial charge in [-0.2, -0.15) is 0 Å². The van der Waals surface area contributed by atoms with Crippen LogP contribution in [0.3, 0.4) is 0 Å². The van der Waals surface area contributed by atoms with Crippen LogP contribution in [0.1, 0.15) is 22.5 Å². The van der Waals surface area contributed by atoms with Crippen molar-refractivity contribution in [2.75, 3.05) is 27.2 Å². The number of carbonyl (C=O) groups is 1. The number of aromatic nitrogens is 1. The first-order valence-electron chi connectivity index (χ1n) is 6.14. The maximum Gasteiger partial charge on any atom is 0.354 e. The molecule has 1 aliphatic heterocycles. The van der Waals surface area contributed by atoms with Gasteiger partial charge in [-0.05, 0) is 32.1 Å². The Bertz CT molecular complexity index is 434. The van der Waals surface area contributed by atoms with Crippen molar-refractivity contribution in [2.45, 2.75) is 19.0 Å². The summed E-state index contributed by atoms with van der Waals surface area (Å²) in [5, 5.41) is 9.09. The molecule has 1 N–H and O–H groups in total. The molecule has 0 radical (unpaired) electrons. The van der Waals surface area contributed by atoms with Crippen molar-refractivity contribution in [1.29, 1.82) is 0 Å². The average Bonchev–Trinajstić information content (AvgIpc) is 2.78. The van der Waals surface area contributed by atoms with Gasteiger partial charge in [-0.3, -0.25) is 4.90 Å². The van der Waals surface area contributed by atoms with Gasteiger partial charge in [0.2, 0.25) is 0 Å². The molecule has 0 bridgehead atoms. The van der Waals surface area contributed by atoms with Gasteiger partial charge in [0, 0.05) is 31.9 Å². The summed E-state index contributed by atoms with van der Waals surface area (Å²) in [6.45, 7) is 2.66. The molecule has 5 heteroatoms. The summed E-state index contributed by atoms with van der Waals surface area (Å²) in [7, 11) is 4.17. The van der Waals surface area contributed by atoms with Crippen LogP contribution in [-0.2, 0) is 6.54 Å². The first-order valence-corrected chi connectivity index (χ1v) is 6.14. The third-order valence-corrected chi connectivity index (χ3v) is 3.47. The molecule has 5 nitrogen and oxygen atoms in total. The Hall–Kier alpha value is -1.46. The molecule has 1 atom stereocenters. The predicted molar refractivity (Wildman–Crippen MR) is 68.6 cm³/mol. The summed E-state index contributed by atoms with van der Waals surface area (Å²) in [5.74, 6) is -0.950. The first kappa shape index (κ1) is 13.0. The second kappa shape index (κ2) is 5.46. The standard InChI is InChI=1S/C13H19N3O2/c1-15(2)11-5-7-16(9-11)8-10-4-3-6-14-12(10)13(17)18/h3-4,6,11H,5,7-9H2,1-2H3,(H,17,18). The van der Waals surface area contributed by atoms with Gasteiger partial charge >= 0.3 is 5.97 Å². The van der Waals surface area contributed by atoms with E-state index in [2.05, 4.69) is 28.9 Å². The topological polar surface area (TPSA) is 56.7 Å². The van der Waals surface area contributed by atoms with E-state index < -0.39 is 5.97 Å². The largest absolute Gasteiger partial charge is 0.477 e. The molecule has 1 unspecified atom stereocenters. The molecule has 1 aliphatic rings. The van der Waals surface area contributed by atoms with Gasteiger partial charge in [0.25, 0.3) is 0 Å². The van der Waals surface area contributed by atoms with E-state index in [4.69, 9.17) is 5.11 Å². The van der Waals surface area contributed by atoms with E-state index in [1.54, 1.807) is 6.07 Å². The second-order valence-corrected chi connectivity index (χ2v) is 4.96. The average molecular weight is 249 g/mol. The van der Waals surface area contributed by atoms with Crippen molar-refractivity contribution < 1.29 is 9.90 Å². The molecule has 1 fully saturated rings. The van der Waals surface area contributed by atoms with Crippen LogP contribution < -0.4 is 0 Å². The number of aromatic carboxylic acids is 1. The maximum atomic E-state index is 11.1. The molecule has 98 valence electrons. The fourth-order valence-corrected chi connectivity index (χ4v) is 2.38. The molecule has 0 aliphatic carbocycles. The third kappa shape index (κ3) is 2.86. The monoisotopic (exact) mass is 249 g/mol. The fourth-order valence-electron chi connectivity index (χ4n) is 2.38. The number of pyridine rings is 1. The number of hydrogen-bond acceptors (Lipinski definition) is 4. The smallest absolute Gasteiger partial charge is 0.354 e. The normalized spacial score (nSPS) is 20.5. The molecular weight excluding hydrogens is 230 g/mol. The van der Waals surface area contributed by atoms with E-state index >= 15 is 0 Å². The van der Waals surface area contributed by atoms with E-state index in [1.165, 1.54) is 6.20 Å². The molecule has 1 aromatic heterocycles. The predicted octanol–water partition coefficient (Wildman–Crippen LogP) is 0.916. The molecule has 18 heavy (non-hydrogen) atoms. The zero-order valence-corrected chi connectivity index (χ0v) is 10.8. The van der Waals surface area contributed by atoms with E-state index in [0.717, 1.165) is 25.1 Å². The summed E-state index contributed by atoms with van der Waals surface area (Å²) in [6.07, 6.45) is 2.66. The van der Waals surface area contributed by atoms with Crippen LogP contribution >= 0.6 is 0 Å². The number of hydrogen-bond donors (Lipinski definition) is 1. The van der Waals surface area contributed by atoms with Gasteiger partial charge < -0.3 is 10.0 Å². The number of likely N-dealkylation sites (N-methyl/N-ethyl adjacent to an activating group) is 1. The SMILES string of the molecule is CN(C)C1CCN(Cc2cccnc2C(=O)O)C1. The van der Waals surface area contributed by atoms with Crippen molar-refractivity contribution in [1.82, 2.24) is 14.8 Å². The van der Waals surface area contributed by atoms with Crippen LogP contribution in [0.2, 0.25) is 0 Å². The van der Waals surface area contributed by atoms with E-state index in [-0.39, 0.29) is 5.69 Å². The highest BCUT2D eigenvalue weighted by molar-refractivity contribution is 5.86. The Morgan fingerprint density at radius 1 is 1.61 bits per heavy atom. The second-order valence-electron chi connectivity index (χ2n) is 4.96. The van der Waals surface area contributed by atoms with Gasteiger partial charge in [0.05, 0.1) is 0 Å². The summed E-state index contributed by atoms with van der Waals surface area (Å²) >= 11 is 0. The van der Waals surface area contributed by atoms with Crippen molar-refractivity contribution in [3.8, 4) is 0 Å². The van der Waals surface area contributed by atoms with Crippen LogP contribution in [0.25, 0.3) is 0 Å². The Morgan fingerprint density at radius 3 is 3.00 bits per heavy atom. The summed E-state index contributed by atoms with van der Waals surface area (Å²) in [6, 6.07) is 4.20. The lowest BCUT2D eigenvalue weighted by Gasteiger charge is -2.20.